The van der Waals surface area contributed by atoms with Crippen molar-refractivity contribution in [2.45, 2.75) is 45.3 Å². The van der Waals surface area contributed by atoms with Crippen molar-refractivity contribution < 1.29 is 19.4 Å². The van der Waals surface area contributed by atoms with Crippen LogP contribution in [0.2, 0.25) is 0 Å². The van der Waals surface area contributed by atoms with Crippen LogP contribution < -0.4 is 9.64 Å². The molecule has 2 aliphatic rings. The monoisotopic (exact) mass is 405 g/mol. The van der Waals surface area contributed by atoms with Crippen LogP contribution in [0.25, 0.3) is 0 Å². The number of aliphatic hydroxyl groups is 1. The van der Waals surface area contributed by atoms with Gasteiger partial charge in [-0.2, -0.15) is 0 Å². The van der Waals surface area contributed by atoms with Gasteiger partial charge in [-0.1, -0.05) is 0 Å². The van der Waals surface area contributed by atoms with Crippen LogP contribution in [0.3, 0.4) is 0 Å². The third kappa shape index (κ3) is 6.78. The number of anilines is 1. The van der Waals surface area contributed by atoms with Crippen molar-refractivity contribution in [1.82, 2.24) is 9.80 Å². The Balaban J connectivity index is 1.36. The second-order valence-corrected chi connectivity index (χ2v) is 8.89. The van der Waals surface area contributed by atoms with Crippen LogP contribution in [0.5, 0.6) is 5.75 Å². The summed E-state index contributed by atoms with van der Waals surface area (Å²) in [6, 6.07) is 8.12. The van der Waals surface area contributed by atoms with Crippen molar-refractivity contribution in [3.05, 3.63) is 24.3 Å². The van der Waals surface area contributed by atoms with E-state index in [0.29, 0.717) is 26.2 Å². The zero-order valence-corrected chi connectivity index (χ0v) is 18.0. The molecule has 2 saturated heterocycles. The molecule has 1 aromatic rings. The Kier molecular flexibility index (Phi) is 7.24. The summed E-state index contributed by atoms with van der Waals surface area (Å²) in [4.78, 5) is 18.4. The molecule has 2 aliphatic heterocycles. The number of carbonyl (C=O) groups is 1. The molecule has 1 amide bonds. The van der Waals surface area contributed by atoms with Gasteiger partial charge < -0.3 is 24.4 Å². The lowest BCUT2D eigenvalue weighted by Crippen LogP contribution is -2.50. The van der Waals surface area contributed by atoms with Gasteiger partial charge in [-0.25, -0.2) is 4.79 Å². The molecular weight excluding hydrogens is 370 g/mol. The molecule has 1 unspecified atom stereocenters. The van der Waals surface area contributed by atoms with Gasteiger partial charge in [0.2, 0.25) is 0 Å². The number of amides is 1. The van der Waals surface area contributed by atoms with Crippen LogP contribution in [0.1, 0.15) is 33.6 Å². The molecule has 0 aliphatic carbocycles. The number of hydrogen-bond acceptors (Lipinski definition) is 6. The van der Waals surface area contributed by atoms with Gasteiger partial charge in [-0.3, -0.25) is 4.90 Å². The van der Waals surface area contributed by atoms with E-state index >= 15 is 0 Å². The quantitative estimate of drug-likeness (QED) is 0.812. The van der Waals surface area contributed by atoms with Crippen molar-refractivity contribution in [1.29, 1.82) is 0 Å². The van der Waals surface area contributed by atoms with Crippen LogP contribution in [0, 0.1) is 0 Å². The van der Waals surface area contributed by atoms with E-state index in [1.54, 1.807) is 4.90 Å². The van der Waals surface area contributed by atoms with Crippen LogP contribution in [-0.4, -0.2) is 85.1 Å². The summed E-state index contributed by atoms with van der Waals surface area (Å²) in [7, 11) is 0. The van der Waals surface area contributed by atoms with Gasteiger partial charge in [0.05, 0.1) is 6.10 Å². The molecule has 2 fully saturated rings. The van der Waals surface area contributed by atoms with E-state index in [2.05, 4.69) is 21.9 Å². The molecule has 1 N–H and O–H groups in total. The number of ether oxygens (including phenoxy) is 2. The molecule has 162 valence electrons. The summed E-state index contributed by atoms with van der Waals surface area (Å²) < 4.78 is 11.3. The highest BCUT2D eigenvalue weighted by Gasteiger charge is 2.25. The zero-order chi connectivity index (χ0) is 20.9. The predicted molar refractivity (Wildman–Crippen MR) is 114 cm³/mol. The number of rotatable bonds is 5. The summed E-state index contributed by atoms with van der Waals surface area (Å²) in [5.41, 5.74) is 0.681. The zero-order valence-electron chi connectivity index (χ0n) is 18.0. The molecule has 29 heavy (non-hydrogen) atoms. The Morgan fingerprint density at radius 1 is 1.10 bits per heavy atom. The lowest BCUT2D eigenvalue weighted by atomic mass is 10.1. The maximum absolute atomic E-state index is 12.1. The number of piperidine rings is 1. The van der Waals surface area contributed by atoms with Gasteiger partial charge in [-0.15, -0.1) is 0 Å². The summed E-state index contributed by atoms with van der Waals surface area (Å²) in [6.45, 7) is 11.9. The molecule has 0 saturated carbocycles. The molecule has 0 aromatic heterocycles. The van der Waals surface area contributed by atoms with Crippen LogP contribution >= 0.6 is 0 Å². The Morgan fingerprint density at radius 2 is 1.79 bits per heavy atom. The largest absolute Gasteiger partial charge is 0.492 e. The Labute approximate surface area is 174 Å². The normalized spacial score (nSPS) is 21.2. The predicted octanol–water partition coefficient (Wildman–Crippen LogP) is 2.58. The number of nitrogens with zero attached hydrogens (tertiary/aromatic N) is 3. The first-order valence-electron chi connectivity index (χ1n) is 10.7. The Morgan fingerprint density at radius 3 is 2.41 bits per heavy atom. The maximum Gasteiger partial charge on any atom is 0.410 e. The summed E-state index contributed by atoms with van der Waals surface area (Å²) >= 11 is 0. The third-order valence-electron chi connectivity index (χ3n) is 5.30. The fraction of sp³-hybridized carbons (Fsp3) is 0.682. The molecule has 3 rings (SSSR count). The van der Waals surface area contributed by atoms with Crippen molar-refractivity contribution in [3.63, 3.8) is 0 Å². The van der Waals surface area contributed by atoms with E-state index in [0.717, 1.165) is 50.5 Å². The van der Waals surface area contributed by atoms with Gasteiger partial charge in [0.1, 0.15) is 18.0 Å². The molecule has 0 bridgehead atoms. The van der Waals surface area contributed by atoms with Crippen molar-refractivity contribution in [3.8, 4) is 5.75 Å². The lowest BCUT2D eigenvalue weighted by molar-refractivity contribution is 0.0137. The van der Waals surface area contributed by atoms with E-state index < -0.39 is 5.60 Å². The molecule has 7 heteroatoms. The first-order valence-corrected chi connectivity index (χ1v) is 10.7. The average molecular weight is 406 g/mol. The van der Waals surface area contributed by atoms with E-state index in [-0.39, 0.29) is 12.2 Å². The minimum Gasteiger partial charge on any atom is -0.492 e. The van der Waals surface area contributed by atoms with E-state index in [9.17, 15) is 9.90 Å². The highest BCUT2D eigenvalue weighted by Crippen LogP contribution is 2.23. The Hall–Kier alpha value is -1.99. The van der Waals surface area contributed by atoms with E-state index in [1.165, 1.54) is 0 Å². The molecule has 0 spiro atoms. The number of hydrogen-bond donors (Lipinski definition) is 1. The van der Waals surface area contributed by atoms with Crippen LogP contribution in [0.4, 0.5) is 10.5 Å². The molecular formula is C22H35N3O4. The summed E-state index contributed by atoms with van der Waals surface area (Å²) in [5.74, 6) is 0.860. The van der Waals surface area contributed by atoms with Gasteiger partial charge in [0.25, 0.3) is 0 Å². The molecule has 2 heterocycles. The minimum absolute atomic E-state index is 0.226. The summed E-state index contributed by atoms with van der Waals surface area (Å²) in [6.07, 6.45) is 1.47. The van der Waals surface area contributed by atoms with Gasteiger partial charge in [-0.05, 0) is 57.9 Å². The number of piperazine rings is 1. The first-order chi connectivity index (χ1) is 13.8. The number of β-amino-alcohol motifs (C(OH)–C–C–N with tert-alkyl or cyclic N) is 1. The lowest BCUT2D eigenvalue weighted by Gasteiger charge is -2.35. The van der Waals surface area contributed by atoms with Crippen molar-refractivity contribution in [2.75, 3.05) is 57.3 Å². The average Bonchev–Trinajstić information content (AvgIpc) is 2.68. The fourth-order valence-electron chi connectivity index (χ4n) is 3.72. The third-order valence-corrected chi connectivity index (χ3v) is 5.30. The first kappa shape index (κ1) is 21.7. The second kappa shape index (κ2) is 9.67. The molecule has 1 atom stereocenters. The highest BCUT2D eigenvalue weighted by atomic mass is 16.6. The molecule has 0 radical (unpaired) electrons. The Bertz CT molecular complexity index is 651. The topological polar surface area (TPSA) is 65.5 Å². The SMILES string of the molecule is CC(C)(C)OC(=O)N1CCN(CCOc2ccc(N3CCCC(O)C3)cc2)CC1. The summed E-state index contributed by atoms with van der Waals surface area (Å²) in [5, 5.41) is 9.83. The van der Waals surface area contributed by atoms with Gasteiger partial charge in [0, 0.05) is 51.5 Å². The van der Waals surface area contributed by atoms with Crippen molar-refractivity contribution >= 4 is 11.8 Å². The van der Waals surface area contributed by atoms with Crippen LogP contribution in [0.15, 0.2) is 24.3 Å². The second-order valence-electron chi connectivity index (χ2n) is 8.89. The van der Waals surface area contributed by atoms with E-state index in [4.69, 9.17) is 9.47 Å². The minimum atomic E-state index is -0.453. The molecule has 7 nitrogen and oxygen atoms in total. The number of benzene rings is 1. The fourth-order valence-corrected chi connectivity index (χ4v) is 3.72. The van der Waals surface area contributed by atoms with Crippen molar-refractivity contribution in [2.24, 2.45) is 0 Å². The highest BCUT2D eigenvalue weighted by molar-refractivity contribution is 5.68. The van der Waals surface area contributed by atoms with Gasteiger partial charge >= 0.3 is 6.09 Å². The maximum atomic E-state index is 12.1. The van der Waals surface area contributed by atoms with E-state index in [1.807, 2.05) is 32.9 Å². The standard InChI is InChI=1S/C22H35N3O4/c1-22(2,3)29-21(27)24-13-11-23(12-14-24)15-16-28-20-8-6-18(7-9-20)25-10-4-5-19(26)17-25/h6-9,19,26H,4-5,10-17H2,1-3H3. The van der Waals surface area contributed by atoms with Gasteiger partial charge in [0.15, 0.2) is 0 Å². The molecule has 1 aromatic carbocycles. The number of carbonyl (C=O) groups excluding carboxylic acids is 1. The smallest absolute Gasteiger partial charge is 0.410 e. The van der Waals surface area contributed by atoms with Crippen LogP contribution in [-0.2, 0) is 4.74 Å². The number of aliphatic hydroxyl groups excluding tert-OH is 1.